The molecule has 0 radical (unpaired) electrons. The van der Waals surface area contributed by atoms with Crippen molar-refractivity contribution in [2.45, 2.75) is 64.3 Å². The van der Waals surface area contributed by atoms with Crippen LogP contribution < -0.4 is 10.6 Å². The molecule has 2 fully saturated rings. The molecule has 2 unspecified atom stereocenters. The summed E-state index contributed by atoms with van der Waals surface area (Å²) in [6.45, 7) is 4.22. The summed E-state index contributed by atoms with van der Waals surface area (Å²) in [7, 11) is 1.46. The molecule has 1 saturated heterocycles. The first-order valence-electron chi connectivity index (χ1n) is 10.3. The van der Waals surface area contributed by atoms with Gasteiger partial charge in [0.1, 0.15) is 0 Å². The van der Waals surface area contributed by atoms with E-state index >= 15 is 0 Å². The second-order valence-electron chi connectivity index (χ2n) is 8.06. The Bertz CT molecular complexity index is 591. The van der Waals surface area contributed by atoms with Crippen LogP contribution in [0.2, 0.25) is 0 Å². The van der Waals surface area contributed by atoms with E-state index < -0.39 is 0 Å². The van der Waals surface area contributed by atoms with Gasteiger partial charge in [0.15, 0.2) is 0 Å². The van der Waals surface area contributed by atoms with Crippen LogP contribution in [0.3, 0.4) is 0 Å². The summed E-state index contributed by atoms with van der Waals surface area (Å²) in [5, 5.41) is 7.23. The van der Waals surface area contributed by atoms with Gasteiger partial charge in [-0.15, -0.1) is 0 Å². The van der Waals surface area contributed by atoms with Crippen molar-refractivity contribution in [3.63, 3.8) is 0 Å². The highest BCUT2D eigenvalue weighted by Crippen LogP contribution is 2.32. The number of ether oxygens (including phenoxy) is 1. The van der Waals surface area contributed by atoms with Crippen molar-refractivity contribution in [2.75, 3.05) is 25.5 Å². The van der Waals surface area contributed by atoms with Gasteiger partial charge in [0.05, 0.1) is 13.0 Å². The third kappa shape index (κ3) is 5.47. The largest absolute Gasteiger partial charge is 0.469 e. The highest BCUT2D eigenvalue weighted by atomic mass is 16.5. The van der Waals surface area contributed by atoms with Gasteiger partial charge in [0.2, 0.25) is 0 Å². The fourth-order valence-electron chi connectivity index (χ4n) is 3.92. The van der Waals surface area contributed by atoms with Crippen molar-refractivity contribution >= 4 is 11.7 Å². The number of carbonyl (C=O) groups excluding carboxylic acids is 1. The van der Waals surface area contributed by atoms with E-state index in [9.17, 15) is 4.79 Å². The van der Waals surface area contributed by atoms with Crippen molar-refractivity contribution in [1.29, 1.82) is 0 Å². The van der Waals surface area contributed by atoms with E-state index in [0.717, 1.165) is 31.8 Å². The van der Waals surface area contributed by atoms with Crippen LogP contribution in [0.1, 0.15) is 56.6 Å². The topological polar surface area (TPSA) is 50.4 Å². The maximum Gasteiger partial charge on any atom is 0.308 e. The molecule has 2 heterocycles. The van der Waals surface area contributed by atoms with Gasteiger partial charge in [-0.1, -0.05) is 38.3 Å². The van der Waals surface area contributed by atoms with Crippen LogP contribution in [-0.4, -0.2) is 32.2 Å². The molecular formula is C22H34N2O2. The molecule has 144 valence electrons. The van der Waals surface area contributed by atoms with Gasteiger partial charge in [0, 0.05) is 11.7 Å². The Hall–Kier alpha value is -1.55. The average molecular weight is 359 g/mol. The molecule has 0 spiro atoms. The summed E-state index contributed by atoms with van der Waals surface area (Å²) in [4.78, 5) is 11.6. The number of esters is 1. The maximum atomic E-state index is 11.6. The minimum atomic E-state index is -0.136. The maximum absolute atomic E-state index is 11.6. The van der Waals surface area contributed by atoms with Gasteiger partial charge >= 0.3 is 5.97 Å². The number of anilines is 1. The number of rotatable bonds is 4. The standard InChI is InChI=1S/C19H28N2O2.C3H6/c1-13(19(22)23-2)11-14-3-4-15-5-6-17(21-18(15)12-14)16-7-9-20-10-8-16;1-2-3-1/h3-4,12-13,16-17,20-21H,5-11H2,1-2H3;1-3H2. The van der Waals surface area contributed by atoms with E-state index in [2.05, 4.69) is 28.8 Å². The molecule has 2 N–H and O–H groups in total. The monoisotopic (exact) mass is 358 g/mol. The Kier molecular flexibility index (Phi) is 6.95. The lowest BCUT2D eigenvalue weighted by Gasteiger charge is -2.36. The molecule has 1 aliphatic carbocycles. The number of aryl methyl sites for hydroxylation is 1. The Morgan fingerprint density at radius 2 is 1.92 bits per heavy atom. The van der Waals surface area contributed by atoms with Crippen LogP contribution in [0.15, 0.2) is 18.2 Å². The molecule has 2 atom stereocenters. The van der Waals surface area contributed by atoms with Crippen LogP contribution in [0.25, 0.3) is 0 Å². The lowest BCUT2D eigenvalue weighted by Crippen LogP contribution is -2.39. The van der Waals surface area contributed by atoms with Crippen LogP contribution in [0.5, 0.6) is 0 Å². The van der Waals surface area contributed by atoms with Gasteiger partial charge in [-0.25, -0.2) is 0 Å². The zero-order chi connectivity index (χ0) is 18.4. The number of nitrogens with one attached hydrogen (secondary N) is 2. The number of carbonyl (C=O) groups is 1. The van der Waals surface area contributed by atoms with E-state index in [4.69, 9.17) is 4.74 Å². The summed E-state index contributed by atoms with van der Waals surface area (Å²) < 4.78 is 4.83. The van der Waals surface area contributed by atoms with Crippen LogP contribution in [-0.2, 0) is 22.4 Å². The van der Waals surface area contributed by atoms with E-state index in [1.807, 2.05) is 6.92 Å². The Morgan fingerprint density at radius 3 is 2.58 bits per heavy atom. The third-order valence-electron chi connectivity index (χ3n) is 5.69. The van der Waals surface area contributed by atoms with E-state index in [0.29, 0.717) is 6.04 Å². The molecule has 4 heteroatoms. The number of fused-ring (bicyclic) bond motifs is 1. The highest BCUT2D eigenvalue weighted by Gasteiger charge is 2.27. The van der Waals surface area contributed by atoms with Crippen LogP contribution in [0, 0.1) is 11.8 Å². The van der Waals surface area contributed by atoms with Crippen molar-refractivity contribution in [3.8, 4) is 0 Å². The summed E-state index contributed by atoms with van der Waals surface area (Å²) in [5.41, 5.74) is 3.89. The minimum absolute atomic E-state index is 0.0955. The molecule has 3 aliphatic rings. The second kappa shape index (κ2) is 9.40. The molecule has 0 aromatic heterocycles. The number of benzene rings is 1. The molecule has 1 saturated carbocycles. The van der Waals surface area contributed by atoms with Gasteiger partial charge in [0.25, 0.3) is 0 Å². The van der Waals surface area contributed by atoms with E-state index in [1.54, 1.807) is 0 Å². The quantitative estimate of drug-likeness (QED) is 0.801. The average Bonchev–Trinajstić information content (AvgIpc) is 3.56. The van der Waals surface area contributed by atoms with E-state index in [-0.39, 0.29) is 11.9 Å². The number of hydrogen-bond acceptors (Lipinski definition) is 4. The smallest absolute Gasteiger partial charge is 0.308 e. The fraction of sp³-hybridized carbons (Fsp3) is 0.682. The molecule has 4 rings (SSSR count). The van der Waals surface area contributed by atoms with Crippen LogP contribution in [0.4, 0.5) is 5.69 Å². The number of hydrogen-bond donors (Lipinski definition) is 2. The summed E-state index contributed by atoms with van der Waals surface area (Å²) >= 11 is 0. The molecule has 1 aromatic rings. The van der Waals surface area contributed by atoms with Crippen molar-refractivity contribution in [1.82, 2.24) is 5.32 Å². The summed E-state index contributed by atoms with van der Waals surface area (Å²) in [5.74, 6) is 0.548. The van der Waals surface area contributed by atoms with E-state index in [1.165, 1.54) is 62.4 Å². The molecule has 2 aliphatic heterocycles. The predicted octanol–water partition coefficient (Wildman–Crippen LogP) is 3.93. The first-order valence-corrected chi connectivity index (χ1v) is 10.3. The zero-order valence-corrected chi connectivity index (χ0v) is 16.4. The molecule has 4 nitrogen and oxygen atoms in total. The first kappa shape index (κ1) is 19.2. The van der Waals surface area contributed by atoms with Crippen LogP contribution >= 0.6 is 0 Å². The third-order valence-corrected chi connectivity index (χ3v) is 5.69. The fourth-order valence-corrected chi connectivity index (χ4v) is 3.92. The molecule has 26 heavy (non-hydrogen) atoms. The Labute approximate surface area is 158 Å². The SMILES string of the molecule is C1CC1.COC(=O)C(C)Cc1ccc2c(c1)NC(C1CCNCC1)CC2. The Morgan fingerprint density at radius 1 is 1.19 bits per heavy atom. The van der Waals surface area contributed by atoms with Crippen molar-refractivity contribution < 1.29 is 9.53 Å². The lowest BCUT2D eigenvalue weighted by atomic mass is 9.83. The van der Waals surface area contributed by atoms with Crippen molar-refractivity contribution in [3.05, 3.63) is 29.3 Å². The summed E-state index contributed by atoms with van der Waals surface area (Å²) in [6.07, 6.45) is 10.2. The Balaban J connectivity index is 0.000000592. The van der Waals surface area contributed by atoms with Gasteiger partial charge in [-0.3, -0.25) is 4.79 Å². The number of piperidine rings is 1. The van der Waals surface area contributed by atoms with Gasteiger partial charge in [-0.2, -0.15) is 0 Å². The minimum Gasteiger partial charge on any atom is -0.469 e. The number of methoxy groups -OCH3 is 1. The molecular weight excluding hydrogens is 324 g/mol. The predicted molar refractivity (Wildman–Crippen MR) is 107 cm³/mol. The molecule has 1 aromatic carbocycles. The lowest BCUT2D eigenvalue weighted by molar-refractivity contribution is -0.144. The van der Waals surface area contributed by atoms with Crippen molar-refractivity contribution in [2.24, 2.45) is 11.8 Å². The molecule has 0 bridgehead atoms. The normalized spacial score (nSPS) is 22.9. The zero-order valence-electron chi connectivity index (χ0n) is 16.4. The van der Waals surface area contributed by atoms with Gasteiger partial charge in [-0.05, 0) is 68.3 Å². The summed E-state index contributed by atoms with van der Waals surface area (Å²) in [6, 6.07) is 7.21. The first-order chi connectivity index (χ1) is 12.7. The second-order valence-corrected chi connectivity index (χ2v) is 8.06. The van der Waals surface area contributed by atoms with Gasteiger partial charge < -0.3 is 15.4 Å². The highest BCUT2D eigenvalue weighted by molar-refractivity contribution is 5.72. The molecule has 0 amide bonds.